The second kappa shape index (κ2) is 4.73. The van der Waals surface area contributed by atoms with Crippen molar-refractivity contribution in [2.75, 3.05) is 18.6 Å². The average molecular weight is 272 g/mol. The Labute approximate surface area is 107 Å². The Kier molecular flexibility index (Phi) is 3.28. The third-order valence-electron chi connectivity index (χ3n) is 2.44. The molecule has 9 heteroatoms. The third kappa shape index (κ3) is 2.33. The quantitative estimate of drug-likeness (QED) is 0.716. The minimum atomic E-state index is -0.578. The van der Waals surface area contributed by atoms with E-state index in [4.69, 9.17) is 16.3 Å². The van der Waals surface area contributed by atoms with Crippen LogP contribution in [0.1, 0.15) is 6.92 Å². The van der Waals surface area contributed by atoms with Crippen LogP contribution in [0.3, 0.4) is 0 Å². The molecule has 1 aliphatic rings. The van der Waals surface area contributed by atoms with Crippen LogP contribution in [0.15, 0.2) is 0 Å². The van der Waals surface area contributed by atoms with E-state index in [0.29, 0.717) is 0 Å². The predicted octanol–water partition coefficient (Wildman–Crippen LogP) is -0.615. The summed E-state index contributed by atoms with van der Waals surface area (Å²) in [6.45, 7) is 1.60. The minimum absolute atomic E-state index is 0.0237. The molecule has 2 heterocycles. The van der Waals surface area contributed by atoms with Gasteiger partial charge >= 0.3 is 6.01 Å². The Bertz CT molecular complexity index is 509. The maximum absolute atomic E-state index is 11.5. The largest absolute Gasteiger partial charge is 0.467 e. The molecule has 1 saturated heterocycles. The van der Waals surface area contributed by atoms with Crippen molar-refractivity contribution in [2.45, 2.75) is 13.0 Å². The number of aromatic nitrogens is 3. The van der Waals surface area contributed by atoms with Crippen LogP contribution in [0.25, 0.3) is 0 Å². The highest BCUT2D eigenvalue weighted by Crippen LogP contribution is 2.18. The number of imide groups is 1. The first-order valence-electron chi connectivity index (χ1n) is 5.07. The van der Waals surface area contributed by atoms with Gasteiger partial charge in [0.1, 0.15) is 12.6 Å². The number of piperazine rings is 1. The van der Waals surface area contributed by atoms with Crippen molar-refractivity contribution in [3.05, 3.63) is 5.28 Å². The molecule has 1 aromatic rings. The smallest absolute Gasteiger partial charge is 0.322 e. The van der Waals surface area contributed by atoms with Gasteiger partial charge in [-0.1, -0.05) is 0 Å². The number of halogens is 1. The standard InChI is InChI=1S/C9H10ClN5O3/c1-4-6(17)11-5(16)3-15(4)8-12-7(10)13-9(14-8)18-2/h4H,3H2,1-2H3,(H,11,16,17). The van der Waals surface area contributed by atoms with E-state index < -0.39 is 17.9 Å². The van der Waals surface area contributed by atoms with E-state index in [-0.39, 0.29) is 23.8 Å². The van der Waals surface area contributed by atoms with Crippen molar-refractivity contribution in [3.8, 4) is 6.01 Å². The third-order valence-corrected chi connectivity index (χ3v) is 2.61. The highest BCUT2D eigenvalue weighted by Gasteiger charge is 2.32. The second-order valence-electron chi connectivity index (χ2n) is 3.61. The van der Waals surface area contributed by atoms with E-state index in [1.807, 2.05) is 0 Å². The van der Waals surface area contributed by atoms with Crippen molar-refractivity contribution in [1.82, 2.24) is 20.3 Å². The molecule has 0 radical (unpaired) electrons. The summed E-state index contributed by atoms with van der Waals surface area (Å²) in [4.78, 5) is 35.8. The number of carbonyl (C=O) groups is 2. The van der Waals surface area contributed by atoms with Crippen LogP contribution in [0.2, 0.25) is 5.28 Å². The zero-order valence-electron chi connectivity index (χ0n) is 9.68. The lowest BCUT2D eigenvalue weighted by Crippen LogP contribution is -2.57. The molecule has 1 N–H and O–H groups in total. The van der Waals surface area contributed by atoms with Crippen molar-refractivity contribution < 1.29 is 14.3 Å². The molecular weight excluding hydrogens is 262 g/mol. The molecule has 1 aliphatic heterocycles. The van der Waals surface area contributed by atoms with Gasteiger partial charge in [-0.05, 0) is 18.5 Å². The molecule has 1 unspecified atom stereocenters. The number of rotatable bonds is 2. The summed E-state index contributed by atoms with van der Waals surface area (Å²) in [5, 5.41) is 2.15. The van der Waals surface area contributed by atoms with E-state index in [2.05, 4.69) is 20.3 Å². The Morgan fingerprint density at radius 2 is 2.11 bits per heavy atom. The molecule has 0 bridgehead atoms. The number of carbonyl (C=O) groups excluding carboxylic acids is 2. The van der Waals surface area contributed by atoms with Crippen LogP contribution < -0.4 is 15.0 Å². The molecule has 0 aromatic carbocycles. The zero-order valence-corrected chi connectivity index (χ0v) is 10.4. The van der Waals surface area contributed by atoms with Gasteiger partial charge in [-0.15, -0.1) is 0 Å². The molecular formula is C9H10ClN5O3. The van der Waals surface area contributed by atoms with Gasteiger partial charge in [-0.2, -0.15) is 15.0 Å². The maximum Gasteiger partial charge on any atom is 0.322 e. The molecule has 0 spiro atoms. The topological polar surface area (TPSA) is 97.3 Å². The normalized spacial score (nSPS) is 19.7. The van der Waals surface area contributed by atoms with Crippen LogP contribution in [0.4, 0.5) is 5.95 Å². The summed E-state index contributed by atoms with van der Waals surface area (Å²) in [5.41, 5.74) is 0. The Hall–Kier alpha value is -1.96. The number of methoxy groups -OCH3 is 1. The van der Waals surface area contributed by atoms with Gasteiger partial charge in [0.05, 0.1) is 7.11 Å². The van der Waals surface area contributed by atoms with Gasteiger partial charge < -0.3 is 9.64 Å². The molecule has 0 aliphatic carbocycles. The van der Waals surface area contributed by atoms with Gasteiger partial charge in [0.2, 0.25) is 23.0 Å². The minimum Gasteiger partial charge on any atom is -0.467 e. The van der Waals surface area contributed by atoms with Crippen molar-refractivity contribution in [2.24, 2.45) is 0 Å². The van der Waals surface area contributed by atoms with Crippen molar-refractivity contribution in [3.63, 3.8) is 0 Å². The first-order valence-corrected chi connectivity index (χ1v) is 5.45. The van der Waals surface area contributed by atoms with Gasteiger partial charge in [0.15, 0.2) is 0 Å². The lowest BCUT2D eigenvalue weighted by molar-refractivity contribution is -0.132. The number of nitrogens with one attached hydrogen (secondary N) is 1. The maximum atomic E-state index is 11.5. The molecule has 96 valence electrons. The van der Waals surface area contributed by atoms with Gasteiger partial charge in [-0.3, -0.25) is 14.9 Å². The van der Waals surface area contributed by atoms with E-state index in [0.717, 1.165) is 0 Å². The Morgan fingerprint density at radius 1 is 1.39 bits per heavy atom. The number of nitrogens with zero attached hydrogens (tertiary/aromatic N) is 4. The molecule has 1 atom stereocenters. The average Bonchev–Trinajstić information content (AvgIpc) is 2.32. The molecule has 1 aromatic heterocycles. The summed E-state index contributed by atoms with van der Waals surface area (Å²) in [7, 11) is 1.38. The van der Waals surface area contributed by atoms with E-state index in [1.54, 1.807) is 6.92 Å². The van der Waals surface area contributed by atoms with Crippen LogP contribution in [-0.2, 0) is 9.59 Å². The fraction of sp³-hybridized carbons (Fsp3) is 0.444. The van der Waals surface area contributed by atoms with Crippen LogP contribution >= 0.6 is 11.6 Å². The summed E-state index contributed by atoms with van der Waals surface area (Å²) in [5.74, 6) is -0.710. The molecule has 8 nitrogen and oxygen atoms in total. The fourth-order valence-electron chi connectivity index (χ4n) is 1.50. The lowest BCUT2D eigenvalue weighted by atomic mass is 10.2. The number of hydrogen-bond acceptors (Lipinski definition) is 7. The Balaban J connectivity index is 2.37. The fourth-order valence-corrected chi connectivity index (χ4v) is 1.65. The van der Waals surface area contributed by atoms with Crippen LogP contribution in [0, 0.1) is 0 Å². The van der Waals surface area contributed by atoms with E-state index in [1.165, 1.54) is 12.0 Å². The highest BCUT2D eigenvalue weighted by atomic mass is 35.5. The van der Waals surface area contributed by atoms with Gasteiger partial charge in [0, 0.05) is 0 Å². The second-order valence-corrected chi connectivity index (χ2v) is 3.95. The molecule has 2 amide bonds. The number of amides is 2. The lowest BCUT2D eigenvalue weighted by Gasteiger charge is -2.31. The van der Waals surface area contributed by atoms with E-state index >= 15 is 0 Å². The summed E-state index contributed by atoms with van der Waals surface area (Å²) in [6, 6.07) is -0.554. The molecule has 1 fully saturated rings. The van der Waals surface area contributed by atoms with Crippen LogP contribution in [0.5, 0.6) is 6.01 Å². The predicted molar refractivity (Wildman–Crippen MR) is 61.3 cm³/mol. The van der Waals surface area contributed by atoms with E-state index in [9.17, 15) is 9.59 Å². The summed E-state index contributed by atoms with van der Waals surface area (Å²) < 4.78 is 4.86. The van der Waals surface area contributed by atoms with Crippen molar-refractivity contribution in [1.29, 1.82) is 0 Å². The molecule has 18 heavy (non-hydrogen) atoms. The van der Waals surface area contributed by atoms with Crippen LogP contribution in [-0.4, -0.2) is 46.5 Å². The van der Waals surface area contributed by atoms with Crippen molar-refractivity contribution >= 4 is 29.4 Å². The summed E-state index contributed by atoms with van der Waals surface area (Å²) in [6.07, 6.45) is 0. The SMILES string of the molecule is COc1nc(Cl)nc(N2CC(=O)NC(=O)C2C)n1. The highest BCUT2D eigenvalue weighted by molar-refractivity contribution is 6.28. The summed E-state index contributed by atoms with van der Waals surface area (Å²) >= 11 is 5.71. The number of anilines is 1. The zero-order chi connectivity index (χ0) is 13.3. The number of ether oxygens (including phenoxy) is 1. The number of hydrogen-bond donors (Lipinski definition) is 1. The monoisotopic (exact) mass is 271 g/mol. The Morgan fingerprint density at radius 3 is 2.78 bits per heavy atom. The first-order chi connectivity index (χ1) is 8.51. The molecule has 0 saturated carbocycles. The molecule has 2 rings (SSSR count). The van der Waals surface area contributed by atoms with Gasteiger partial charge in [-0.25, -0.2) is 0 Å². The first kappa shape index (κ1) is 12.5. The van der Waals surface area contributed by atoms with Gasteiger partial charge in [0.25, 0.3) is 0 Å².